The van der Waals surface area contributed by atoms with Crippen LogP contribution in [-0.4, -0.2) is 13.0 Å². The van der Waals surface area contributed by atoms with Crippen molar-refractivity contribution in [2.75, 3.05) is 0 Å². The molecular weight excluding hydrogens is 277 g/mol. The molecule has 0 aliphatic carbocycles. The predicted octanol–water partition coefficient (Wildman–Crippen LogP) is 0.0177. The first-order valence-corrected chi connectivity index (χ1v) is 2.66. The van der Waals surface area contributed by atoms with Gasteiger partial charge in [-0.1, -0.05) is 6.58 Å². The van der Waals surface area contributed by atoms with Gasteiger partial charge in [-0.15, -0.1) is 0 Å². The summed E-state index contributed by atoms with van der Waals surface area (Å²) in [6.45, 7) is 2.79. The number of hydrogen-bond acceptors (Lipinski definition) is 2. The Morgan fingerprint density at radius 3 is 1.71 bits per heavy atom. The molecule has 0 bridgehead atoms. The maximum absolute atomic E-state index is 9.44. The van der Waals surface area contributed by atoms with E-state index in [4.69, 9.17) is 4.55 Å². The molecule has 50 valence electrons. The molecule has 0 saturated carbocycles. The third-order valence-electron chi connectivity index (χ3n) is 0.211. The minimum atomic E-state index is -3.90. The summed E-state index contributed by atoms with van der Waals surface area (Å²) in [7, 11) is -3.90. The molecule has 0 aromatic heterocycles. The van der Waals surface area contributed by atoms with E-state index in [9.17, 15) is 8.42 Å². The smallest absolute Gasteiger partial charge is 0.282 e. The molecule has 0 atom stereocenters. The van der Waals surface area contributed by atoms with E-state index in [2.05, 4.69) is 6.58 Å². The molecular formula is C2H4O3SYb. The first-order valence-electron chi connectivity index (χ1n) is 1.16. The summed E-state index contributed by atoms with van der Waals surface area (Å²) < 4.78 is 26.6. The van der Waals surface area contributed by atoms with E-state index in [0.717, 1.165) is 0 Å². The summed E-state index contributed by atoms with van der Waals surface area (Å²) in [5.41, 5.74) is 0. The van der Waals surface area contributed by atoms with Crippen LogP contribution in [0.5, 0.6) is 0 Å². The van der Waals surface area contributed by atoms with Crippen molar-refractivity contribution >= 4 is 10.1 Å². The van der Waals surface area contributed by atoms with E-state index in [1.807, 2.05) is 0 Å². The van der Waals surface area contributed by atoms with Crippen molar-refractivity contribution in [1.29, 1.82) is 0 Å². The third kappa shape index (κ3) is 11.0. The van der Waals surface area contributed by atoms with Gasteiger partial charge >= 0.3 is 0 Å². The largest absolute Gasteiger partial charge is 0.287 e. The Balaban J connectivity index is 0. The van der Waals surface area contributed by atoms with Crippen molar-refractivity contribution in [2.24, 2.45) is 0 Å². The Kier molecular flexibility index (Phi) is 6.44. The molecule has 0 rings (SSSR count). The maximum atomic E-state index is 9.44. The number of rotatable bonds is 1. The SMILES string of the molecule is C=CS(=O)(=O)O.[Yb]. The Morgan fingerprint density at radius 1 is 1.57 bits per heavy atom. The third-order valence-corrected chi connectivity index (χ3v) is 0.632. The van der Waals surface area contributed by atoms with Crippen LogP contribution in [0.4, 0.5) is 0 Å². The van der Waals surface area contributed by atoms with E-state index in [1.54, 1.807) is 0 Å². The molecule has 7 heavy (non-hydrogen) atoms. The molecule has 0 spiro atoms. The van der Waals surface area contributed by atoms with Crippen molar-refractivity contribution in [2.45, 2.75) is 0 Å². The summed E-state index contributed by atoms with van der Waals surface area (Å²) >= 11 is 0. The van der Waals surface area contributed by atoms with Crippen LogP contribution >= 0.6 is 0 Å². The zero-order valence-corrected chi connectivity index (χ0v) is 5.75. The van der Waals surface area contributed by atoms with E-state index in [-0.39, 0.29) is 46.9 Å². The molecule has 0 aliphatic rings. The molecule has 0 saturated heterocycles. The molecule has 0 aromatic rings. The van der Waals surface area contributed by atoms with Gasteiger partial charge in [-0.2, -0.15) is 8.42 Å². The van der Waals surface area contributed by atoms with Gasteiger partial charge in [0.2, 0.25) is 0 Å². The van der Waals surface area contributed by atoms with Gasteiger partial charge in [-0.05, 0) is 0 Å². The first-order chi connectivity index (χ1) is 2.56. The van der Waals surface area contributed by atoms with Crippen LogP contribution in [0.3, 0.4) is 0 Å². The molecule has 0 fully saturated rings. The first kappa shape index (κ1) is 11.0. The van der Waals surface area contributed by atoms with Crippen molar-refractivity contribution < 1.29 is 59.9 Å². The van der Waals surface area contributed by atoms with Crippen LogP contribution in [0.15, 0.2) is 12.0 Å². The average molecular weight is 281 g/mol. The molecule has 5 heteroatoms. The van der Waals surface area contributed by atoms with Gasteiger partial charge in [0.15, 0.2) is 0 Å². The van der Waals surface area contributed by atoms with Crippen molar-refractivity contribution in [1.82, 2.24) is 0 Å². The van der Waals surface area contributed by atoms with E-state index >= 15 is 0 Å². The van der Waals surface area contributed by atoms with E-state index in [1.165, 1.54) is 0 Å². The minimum Gasteiger partial charge on any atom is -0.282 e. The Hall–Kier alpha value is 1.17. The predicted molar refractivity (Wildman–Crippen MR) is 21.7 cm³/mol. The van der Waals surface area contributed by atoms with E-state index in [0.29, 0.717) is 5.41 Å². The maximum Gasteiger partial charge on any atom is 0.287 e. The molecule has 1 N–H and O–H groups in total. The van der Waals surface area contributed by atoms with Crippen LogP contribution in [0.1, 0.15) is 0 Å². The minimum absolute atomic E-state index is 0. The van der Waals surface area contributed by atoms with Gasteiger partial charge in [-0.25, -0.2) is 0 Å². The van der Waals surface area contributed by atoms with Gasteiger partial charge < -0.3 is 0 Å². The molecule has 3 nitrogen and oxygen atoms in total. The normalized spacial score (nSPS) is 9.29. The van der Waals surface area contributed by atoms with Crippen molar-refractivity contribution in [3.05, 3.63) is 12.0 Å². The monoisotopic (exact) mass is 282 g/mol. The summed E-state index contributed by atoms with van der Waals surface area (Å²) in [5.74, 6) is 0. The Labute approximate surface area is 80.8 Å². The summed E-state index contributed by atoms with van der Waals surface area (Å²) in [5, 5.41) is 0.465. The fourth-order valence-electron chi connectivity index (χ4n) is 0. The van der Waals surface area contributed by atoms with Crippen molar-refractivity contribution in [3.8, 4) is 0 Å². The van der Waals surface area contributed by atoms with Crippen molar-refractivity contribution in [3.63, 3.8) is 0 Å². The zero-order chi connectivity index (χ0) is 5.21. The summed E-state index contributed by atoms with van der Waals surface area (Å²) in [6, 6.07) is 0. The number of hydrogen-bond donors (Lipinski definition) is 1. The van der Waals surface area contributed by atoms with Crippen LogP contribution in [-0.2, 0) is 10.1 Å². The molecule has 0 amide bonds. The standard InChI is InChI=1S/C2H4O3S.Yb/c1-2-6(3,4)5;/h2H,1H2,(H,3,4,5);. The second kappa shape index (κ2) is 4.09. The van der Waals surface area contributed by atoms with E-state index < -0.39 is 10.1 Å². The van der Waals surface area contributed by atoms with Gasteiger partial charge in [0.25, 0.3) is 10.1 Å². The fourth-order valence-corrected chi connectivity index (χ4v) is 0. The Bertz CT molecular complexity index is 123. The summed E-state index contributed by atoms with van der Waals surface area (Å²) in [4.78, 5) is 0. The molecule has 0 radical (unpaired) electrons. The van der Waals surface area contributed by atoms with Gasteiger partial charge in [0, 0.05) is 46.9 Å². The molecule has 0 unspecified atom stereocenters. The zero-order valence-electron chi connectivity index (χ0n) is 3.22. The van der Waals surface area contributed by atoms with Crippen LogP contribution < -0.4 is 0 Å². The topological polar surface area (TPSA) is 54.4 Å². The van der Waals surface area contributed by atoms with Gasteiger partial charge in [-0.3, -0.25) is 4.55 Å². The second-order valence-corrected chi connectivity index (χ2v) is 2.04. The molecule has 0 aromatic carbocycles. The van der Waals surface area contributed by atoms with Gasteiger partial charge in [0.05, 0.1) is 5.41 Å². The van der Waals surface area contributed by atoms with Crippen LogP contribution in [0, 0.1) is 46.9 Å². The Morgan fingerprint density at radius 2 is 1.71 bits per heavy atom. The average Bonchev–Trinajstić information content (AvgIpc) is 1.35. The quantitative estimate of drug-likeness (QED) is 0.689. The molecule has 0 aliphatic heterocycles. The van der Waals surface area contributed by atoms with Crippen LogP contribution in [0.25, 0.3) is 0 Å². The fraction of sp³-hybridized carbons (Fsp3) is 0. The second-order valence-electron chi connectivity index (χ2n) is 0.682. The summed E-state index contributed by atoms with van der Waals surface area (Å²) in [6.07, 6.45) is 0. The molecule has 0 heterocycles. The van der Waals surface area contributed by atoms with Crippen LogP contribution in [0.2, 0.25) is 0 Å². The van der Waals surface area contributed by atoms with Gasteiger partial charge in [0.1, 0.15) is 0 Å².